The van der Waals surface area contributed by atoms with Crippen LogP contribution < -0.4 is 9.47 Å². The van der Waals surface area contributed by atoms with E-state index in [1.54, 1.807) is 0 Å². The standard InChI is InChI=1S/C32H44N2O2/c1-23-11-9-12-24(2)31(23)35-21-27(5)33(7)19-29-15-17-30(18-16-29)20-34(8)28(6)22-36-32-25(3)13-10-14-26(32)4/h9-18,27-28H,19-22H2,1-8H3. The van der Waals surface area contributed by atoms with Crippen LogP contribution in [0, 0.1) is 27.7 Å². The first-order chi connectivity index (χ1) is 17.2. The molecule has 0 aliphatic heterocycles. The van der Waals surface area contributed by atoms with Gasteiger partial charge in [-0.3, -0.25) is 9.80 Å². The Morgan fingerprint density at radius 1 is 0.556 bits per heavy atom. The van der Waals surface area contributed by atoms with E-state index in [0.29, 0.717) is 25.3 Å². The maximum atomic E-state index is 6.18. The third kappa shape index (κ3) is 7.59. The van der Waals surface area contributed by atoms with Gasteiger partial charge < -0.3 is 9.47 Å². The normalized spacial score (nSPS) is 13.2. The van der Waals surface area contributed by atoms with Gasteiger partial charge in [0.1, 0.15) is 24.7 Å². The summed E-state index contributed by atoms with van der Waals surface area (Å²) in [6.45, 7) is 16.0. The highest BCUT2D eigenvalue weighted by Crippen LogP contribution is 2.24. The number of hydrogen-bond acceptors (Lipinski definition) is 4. The topological polar surface area (TPSA) is 24.9 Å². The minimum absolute atomic E-state index is 0.313. The van der Waals surface area contributed by atoms with E-state index in [4.69, 9.17) is 9.47 Å². The lowest BCUT2D eigenvalue weighted by Crippen LogP contribution is -2.34. The number of nitrogens with zero attached hydrogens (tertiary/aromatic N) is 2. The molecule has 0 N–H and O–H groups in total. The van der Waals surface area contributed by atoms with Gasteiger partial charge in [0.25, 0.3) is 0 Å². The lowest BCUT2D eigenvalue weighted by atomic mass is 10.1. The Hall–Kier alpha value is -2.82. The molecule has 0 aromatic heterocycles. The van der Waals surface area contributed by atoms with E-state index in [-0.39, 0.29) is 0 Å². The number of rotatable bonds is 12. The first kappa shape index (κ1) is 27.8. The summed E-state index contributed by atoms with van der Waals surface area (Å²) in [6.07, 6.45) is 0. The van der Waals surface area contributed by atoms with Crippen LogP contribution in [-0.2, 0) is 13.1 Å². The number of likely N-dealkylation sites (N-methyl/N-ethyl adjacent to an activating group) is 2. The fraction of sp³-hybridized carbons (Fsp3) is 0.438. The Morgan fingerprint density at radius 2 is 0.861 bits per heavy atom. The van der Waals surface area contributed by atoms with Crippen molar-refractivity contribution in [2.75, 3.05) is 27.3 Å². The van der Waals surface area contributed by atoms with Crippen LogP contribution in [0.4, 0.5) is 0 Å². The summed E-state index contributed by atoms with van der Waals surface area (Å²) in [7, 11) is 4.33. The zero-order valence-corrected chi connectivity index (χ0v) is 23.5. The van der Waals surface area contributed by atoms with E-state index in [0.717, 1.165) is 24.6 Å². The molecule has 0 bridgehead atoms. The summed E-state index contributed by atoms with van der Waals surface area (Å²) >= 11 is 0. The lowest BCUT2D eigenvalue weighted by molar-refractivity contribution is 0.165. The molecule has 0 aliphatic carbocycles. The molecule has 36 heavy (non-hydrogen) atoms. The van der Waals surface area contributed by atoms with Crippen molar-refractivity contribution < 1.29 is 9.47 Å². The molecule has 2 atom stereocenters. The molecule has 0 saturated carbocycles. The zero-order valence-electron chi connectivity index (χ0n) is 23.5. The second kappa shape index (κ2) is 12.9. The number of aryl methyl sites for hydroxylation is 4. The van der Waals surface area contributed by atoms with E-state index in [9.17, 15) is 0 Å². The molecule has 0 heterocycles. The largest absolute Gasteiger partial charge is 0.491 e. The van der Waals surface area contributed by atoms with E-state index < -0.39 is 0 Å². The molecule has 0 spiro atoms. The first-order valence-electron chi connectivity index (χ1n) is 13.0. The quantitative estimate of drug-likeness (QED) is 0.283. The lowest BCUT2D eigenvalue weighted by Gasteiger charge is -2.26. The Kier molecular flexibility index (Phi) is 9.98. The van der Waals surface area contributed by atoms with E-state index >= 15 is 0 Å². The van der Waals surface area contributed by atoms with Crippen LogP contribution in [0.3, 0.4) is 0 Å². The summed E-state index contributed by atoms with van der Waals surface area (Å²) in [6, 6.07) is 22.2. The van der Waals surface area contributed by atoms with Crippen molar-refractivity contribution in [2.24, 2.45) is 0 Å². The van der Waals surface area contributed by atoms with E-state index in [1.165, 1.54) is 33.4 Å². The maximum absolute atomic E-state index is 6.18. The third-order valence-electron chi connectivity index (χ3n) is 7.15. The number of para-hydroxylation sites is 2. The van der Waals surface area contributed by atoms with Gasteiger partial charge in [0, 0.05) is 25.2 Å². The zero-order chi connectivity index (χ0) is 26.2. The van der Waals surface area contributed by atoms with Crippen molar-refractivity contribution in [3.63, 3.8) is 0 Å². The van der Waals surface area contributed by atoms with Crippen LogP contribution in [0.5, 0.6) is 11.5 Å². The van der Waals surface area contributed by atoms with Gasteiger partial charge >= 0.3 is 0 Å². The number of ether oxygens (including phenoxy) is 2. The van der Waals surface area contributed by atoms with Gasteiger partial charge in [0.05, 0.1) is 0 Å². The fourth-order valence-corrected chi connectivity index (χ4v) is 4.35. The van der Waals surface area contributed by atoms with Gasteiger partial charge in [-0.1, -0.05) is 60.7 Å². The Bertz CT molecular complexity index is 981. The van der Waals surface area contributed by atoms with Crippen molar-refractivity contribution in [1.82, 2.24) is 9.80 Å². The molecule has 194 valence electrons. The predicted molar refractivity (Wildman–Crippen MR) is 151 cm³/mol. The van der Waals surface area contributed by atoms with Crippen molar-refractivity contribution in [3.05, 3.63) is 94.0 Å². The van der Waals surface area contributed by atoms with Gasteiger partial charge in [-0.2, -0.15) is 0 Å². The highest BCUT2D eigenvalue weighted by molar-refractivity contribution is 5.40. The molecular formula is C32H44N2O2. The van der Waals surface area contributed by atoms with Crippen LogP contribution >= 0.6 is 0 Å². The van der Waals surface area contributed by atoms with Crippen molar-refractivity contribution in [2.45, 2.75) is 66.7 Å². The SMILES string of the molecule is Cc1cccc(C)c1OCC(C)N(C)Cc1ccc(CN(C)C(C)COc2c(C)cccc2C)cc1. The van der Waals surface area contributed by atoms with E-state index in [1.807, 2.05) is 0 Å². The molecule has 3 aromatic carbocycles. The van der Waals surface area contributed by atoms with Crippen LogP contribution in [0.2, 0.25) is 0 Å². The van der Waals surface area contributed by atoms with Crippen LogP contribution in [0.25, 0.3) is 0 Å². The third-order valence-corrected chi connectivity index (χ3v) is 7.15. The molecule has 0 amide bonds. The van der Waals surface area contributed by atoms with Crippen LogP contribution in [-0.4, -0.2) is 49.2 Å². The molecule has 0 radical (unpaired) electrons. The second-order valence-corrected chi connectivity index (χ2v) is 10.4. The maximum Gasteiger partial charge on any atom is 0.125 e. The molecule has 0 fully saturated rings. The monoisotopic (exact) mass is 488 g/mol. The average molecular weight is 489 g/mol. The highest BCUT2D eigenvalue weighted by Gasteiger charge is 2.14. The Balaban J connectivity index is 1.47. The molecule has 4 heteroatoms. The average Bonchev–Trinajstić information content (AvgIpc) is 2.84. The highest BCUT2D eigenvalue weighted by atomic mass is 16.5. The Labute approximate surface area is 218 Å². The van der Waals surface area contributed by atoms with Gasteiger partial charge in [-0.15, -0.1) is 0 Å². The van der Waals surface area contributed by atoms with E-state index in [2.05, 4.69) is 126 Å². The molecule has 0 saturated heterocycles. The molecule has 3 aromatic rings. The van der Waals surface area contributed by atoms with Crippen LogP contribution in [0.1, 0.15) is 47.2 Å². The van der Waals surface area contributed by atoms with Crippen molar-refractivity contribution >= 4 is 0 Å². The van der Waals surface area contributed by atoms with Gasteiger partial charge in [-0.25, -0.2) is 0 Å². The Morgan fingerprint density at radius 3 is 1.17 bits per heavy atom. The smallest absolute Gasteiger partial charge is 0.125 e. The minimum Gasteiger partial charge on any atom is -0.491 e. The molecule has 0 aliphatic rings. The molecule has 3 rings (SSSR count). The van der Waals surface area contributed by atoms with Gasteiger partial charge in [0.2, 0.25) is 0 Å². The fourth-order valence-electron chi connectivity index (χ4n) is 4.35. The second-order valence-electron chi connectivity index (χ2n) is 10.4. The van der Waals surface area contributed by atoms with Crippen molar-refractivity contribution in [3.8, 4) is 11.5 Å². The van der Waals surface area contributed by atoms with Crippen LogP contribution in [0.15, 0.2) is 60.7 Å². The van der Waals surface area contributed by atoms with Crippen molar-refractivity contribution in [1.29, 1.82) is 0 Å². The number of hydrogen-bond donors (Lipinski definition) is 0. The summed E-state index contributed by atoms with van der Waals surface area (Å²) < 4.78 is 12.4. The first-order valence-corrected chi connectivity index (χ1v) is 13.0. The minimum atomic E-state index is 0.313. The van der Waals surface area contributed by atoms with Gasteiger partial charge in [-0.05, 0) is 89.0 Å². The number of benzene rings is 3. The van der Waals surface area contributed by atoms with Gasteiger partial charge in [0.15, 0.2) is 0 Å². The summed E-state index contributed by atoms with van der Waals surface area (Å²) in [5.74, 6) is 2.03. The summed E-state index contributed by atoms with van der Waals surface area (Å²) in [4.78, 5) is 4.70. The molecule has 4 nitrogen and oxygen atoms in total. The summed E-state index contributed by atoms with van der Waals surface area (Å²) in [5.41, 5.74) is 7.39. The molecule has 2 unspecified atom stereocenters. The summed E-state index contributed by atoms with van der Waals surface area (Å²) in [5, 5.41) is 0. The molecular weight excluding hydrogens is 444 g/mol. The predicted octanol–water partition coefficient (Wildman–Crippen LogP) is 6.72.